The first-order valence-corrected chi connectivity index (χ1v) is 8.84. The Balaban J connectivity index is 2.42. The highest BCUT2D eigenvalue weighted by Crippen LogP contribution is 2.52. The lowest BCUT2D eigenvalue weighted by Crippen LogP contribution is -2.29. The van der Waals surface area contributed by atoms with Gasteiger partial charge in [0.2, 0.25) is 7.37 Å². The number of carboxylic acid groups (broad SMARTS) is 1. The highest BCUT2D eigenvalue weighted by molar-refractivity contribution is 7.68. The molecule has 2 aromatic rings. The summed E-state index contributed by atoms with van der Waals surface area (Å²) in [6.45, 7) is 1.92. The van der Waals surface area contributed by atoms with Crippen LogP contribution in [0.3, 0.4) is 0 Å². The van der Waals surface area contributed by atoms with E-state index in [9.17, 15) is 14.5 Å². The van der Waals surface area contributed by atoms with E-state index in [0.717, 1.165) is 5.56 Å². The number of carboxylic acids is 1. The van der Waals surface area contributed by atoms with E-state index in [1.165, 1.54) is 0 Å². The van der Waals surface area contributed by atoms with E-state index < -0.39 is 19.0 Å². The molecule has 0 aliphatic heterocycles. The second kappa shape index (κ2) is 7.39. The van der Waals surface area contributed by atoms with Crippen molar-refractivity contribution in [3.05, 3.63) is 66.2 Å². The lowest BCUT2D eigenvalue weighted by molar-refractivity contribution is -0.136. The van der Waals surface area contributed by atoms with Crippen LogP contribution >= 0.6 is 7.37 Å². The van der Waals surface area contributed by atoms with Crippen molar-refractivity contribution in [2.45, 2.75) is 19.0 Å². The van der Waals surface area contributed by atoms with Gasteiger partial charge in [0.05, 0.1) is 6.61 Å². The van der Waals surface area contributed by atoms with Gasteiger partial charge in [0, 0.05) is 5.30 Å². The normalized spacial score (nSPS) is 15.0. The molecule has 0 saturated heterocycles. The molecule has 0 amide bonds. The summed E-state index contributed by atoms with van der Waals surface area (Å²) >= 11 is 0. The van der Waals surface area contributed by atoms with Gasteiger partial charge >= 0.3 is 5.97 Å². The molecule has 0 bridgehead atoms. The van der Waals surface area contributed by atoms with Gasteiger partial charge in [-0.15, -0.1) is 0 Å². The number of benzene rings is 2. The van der Waals surface area contributed by atoms with Crippen molar-refractivity contribution in [1.82, 2.24) is 0 Å². The summed E-state index contributed by atoms with van der Waals surface area (Å²) in [5.41, 5.74) is -0.275. The number of hydrogen-bond donors (Lipinski definition) is 1. The van der Waals surface area contributed by atoms with Crippen LogP contribution in [0.25, 0.3) is 0 Å². The maximum Gasteiger partial charge on any atom is 0.317 e. The van der Waals surface area contributed by atoms with Crippen LogP contribution in [0, 0.1) is 0 Å². The van der Waals surface area contributed by atoms with Crippen LogP contribution < -0.4 is 5.30 Å². The van der Waals surface area contributed by atoms with E-state index in [0.29, 0.717) is 5.30 Å². The molecule has 2 aromatic carbocycles. The number of carbonyl (C=O) groups is 1. The molecule has 0 heterocycles. The maximum atomic E-state index is 13.4. The zero-order valence-electron chi connectivity index (χ0n) is 12.4. The zero-order chi connectivity index (χ0) is 16.0. The van der Waals surface area contributed by atoms with Crippen LogP contribution in [0.1, 0.15) is 12.5 Å². The van der Waals surface area contributed by atoms with E-state index in [4.69, 9.17) is 4.52 Å². The summed E-state index contributed by atoms with van der Waals surface area (Å²) < 4.78 is 18.8. The van der Waals surface area contributed by atoms with Crippen LogP contribution in [0.5, 0.6) is 0 Å². The largest absolute Gasteiger partial charge is 0.481 e. The average molecular weight is 318 g/mol. The number of aliphatic carboxylic acids is 1. The molecule has 4 nitrogen and oxygen atoms in total. The fourth-order valence-electron chi connectivity index (χ4n) is 2.36. The third-order valence-electron chi connectivity index (χ3n) is 3.40. The van der Waals surface area contributed by atoms with Crippen LogP contribution in [0.2, 0.25) is 0 Å². The molecule has 22 heavy (non-hydrogen) atoms. The van der Waals surface area contributed by atoms with E-state index in [2.05, 4.69) is 0 Å². The molecule has 1 unspecified atom stereocenters. The third-order valence-corrected chi connectivity index (χ3v) is 6.29. The molecule has 2 atom stereocenters. The lowest BCUT2D eigenvalue weighted by atomic mass is 10.1. The first kappa shape index (κ1) is 16.5. The van der Waals surface area contributed by atoms with Crippen LogP contribution in [-0.4, -0.2) is 23.3 Å². The Morgan fingerprint density at radius 2 is 1.64 bits per heavy atom. The van der Waals surface area contributed by atoms with Crippen molar-refractivity contribution < 1.29 is 19.0 Å². The maximum absolute atomic E-state index is 13.4. The molecular weight excluding hydrogens is 299 g/mol. The van der Waals surface area contributed by atoms with Crippen LogP contribution in [0.4, 0.5) is 0 Å². The van der Waals surface area contributed by atoms with Crippen LogP contribution in [-0.2, 0) is 20.3 Å². The first-order chi connectivity index (χ1) is 10.6. The molecule has 0 aliphatic rings. The van der Waals surface area contributed by atoms with E-state index in [-0.39, 0.29) is 13.0 Å². The zero-order valence-corrected chi connectivity index (χ0v) is 13.3. The van der Waals surface area contributed by atoms with Gasteiger partial charge in [-0.25, -0.2) is 0 Å². The Labute approximate surface area is 130 Å². The molecule has 1 N–H and O–H groups in total. The minimum atomic E-state index is -3.50. The predicted molar refractivity (Wildman–Crippen MR) is 86.9 cm³/mol. The van der Waals surface area contributed by atoms with Crippen molar-refractivity contribution in [1.29, 1.82) is 0 Å². The van der Waals surface area contributed by atoms with Gasteiger partial charge in [-0.1, -0.05) is 48.5 Å². The minimum Gasteiger partial charge on any atom is -0.481 e. The third kappa shape index (κ3) is 3.65. The molecule has 0 aliphatic carbocycles. The standard InChI is InChI=1S/C17H19O4P/c1-2-21-22(20,15-11-7-4-8-12-15)16(17(18)19)13-14-9-5-3-6-10-14/h3-12,16H,2,13H2,1H3,(H,18,19)/t16-,22?/m0/s1. The second-order valence-corrected chi connectivity index (χ2v) is 7.49. The Hall–Kier alpha value is -1.90. The highest BCUT2D eigenvalue weighted by atomic mass is 31.2. The molecule has 0 radical (unpaired) electrons. The van der Waals surface area contributed by atoms with Crippen molar-refractivity contribution in [2.24, 2.45) is 0 Å². The molecule has 2 rings (SSSR count). The van der Waals surface area contributed by atoms with Gasteiger partial charge in [-0.05, 0) is 31.0 Å². The number of rotatable bonds is 7. The fourth-order valence-corrected chi connectivity index (χ4v) is 4.76. The van der Waals surface area contributed by atoms with E-state index in [1.54, 1.807) is 37.3 Å². The molecule has 0 fully saturated rings. The predicted octanol–water partition coefficient (Wildman–Crippen LogP) is 3.32. The molecule has 0 aromatic heterocycles. The SMILES string of the molecule is CCOP(=O)(c1ccccc1)[C@@H](Cc1ccccc1)C(=O)O. The quantitative estimate of drug-likeness (QED) is 0.795. The summed E-state index contributed by atoms with van der Waals surface area (Å²) in [5, 5.41) is 10.1. The van der Waals surface area contributed by atoms with Gasteiger partial charge in [-0.3, -0.25) is 9.36 Å². The summed E-state index contributed by atoms with van der Waals surface area (Å²) in [4.78, 5) is 11.7. The van der Waals surface area contributed by atoms with Gasteiger partial charge in [-0.2, -0.15) is 0 Å². The Morgan fingerprint density at radius 1 is 1.09 bits per heavy atom. The van der Waals surface area contributed by atoms with E-state index in [1.807, 2.05) is 30.3 Å². The van der Waals surface area contributed by atoms with Gasteiger partial charge < -0.3 is 9.63 Å². The Morgan fingerprint density at radius 3 is 2.14 bits per heavy atom. The smallest absolute Gasteiger partial charge is 0.317 e. The lowest BCUT2D eigenvalue weighted by Gasteiger charge is -2.24. The fraction of sp³-hybridized carbons (Fsp3) is 0.235. The average Bonchev–Trinajstić information content (AvgIpc) is 2.54. The Bertz CT molecular complexity index is 655. The van der Waals surface area contributed by atoms with Crippen molar-refractivity contribution in [3.63, 3.8) is 0 Å². The minimum absolute atomic E-state index is 0.169. The Kier molecular flexibility index (Phi) is 5.53. The van der Waals surface area contributed by atoms with Crippen LogP contribution in [0.15, 0.2) is 60.7 Å². The van der Waals surface area contributed by atoms with Crippen molar-refractivity contribution >= 4 is 18.6 Å². The monoisotopic (exact) mass is 318 g/mol. The first-order valence-electron chi connectivity index (χ1n) is 7.14. The molecule has 0 saturated carbocycles. The van der Waals surface area contributed by atoms with Gasteiger partial charge in [0.15, 0.2) is 0 Å². The van der Waals surface area contributed by atoms with Gasteiger partial charge in [0.25, 0.3) is 0 Å². The van der Waals surface area contributed by atoms with Crippen molar-refractivity contribution in [2.75, 3.05) is 6.61 Å². The topological polar surface area (TPSA) is 63.6 Å². The summed E-state index contributed by atoms with van der Waals surface area (Å²) in [7, 11) is -3.50. The van der Waals surface area contributed by atoms with Gasteiger partial charge in [0.1, 0.15) is 5.66 Å². The summed E-state index contributed by atoms with van der Waals surface area (Å²) in [5.74, 6) is -1.11. The van der Waals surface area contributed by atoms with E-state index >= 15 is 0 Å². The molecule has 5 heteroatoms. The van der Waals surface area contributed by atoms with Crippen molar-refractivity contribution in [3.8, 4) is 0 Å². The molecule has 116 valence electrons. The summed E-state index contributed by atoms with van der Waals surface area (Å²) in [6.07, 6.45) is 0.169. The second-order valence-electron chi connectivity index (χ2n) is 4.89. The number of hydrogen-bond acceptors (Lipinski definition) is 3. The molecule has 0 spiro atoms. The highest BCUT2D eigenvalue weighted by Gasteiger charge is 2.41. The molecular formula is C17H19O4P. The summed E-state index contributed by atoms with van der Waals surface area (Å²) in [6, 6.07) is 17.8.